The third-order valence-corrected chi connectivity index (χ3v) is 6.10. The van der Waals surface area contributed by atoms with Crippen molar-refractivity contribution in [3.8, 4) is 0 Å². The lowest BCUT2D eigenvalue weighted by molar-refractivity contribution is -0.113. The van der Waals surface area contributed by atoms with Crippen LogP contribution in [0, 0.1) is 6.92 Å². The molecular formula is C19H21ClN4O2S. The second-order valence-corrected chi connectivity index (χ2v) is 8.16. The van der Waals surface area contributed by atoms with Crippen molar-refractivity contribution in [2.24, 2.45) is 0 Å². The van der Waals surface area contributed by atoms with Crippen LogP contribution >= 0.6 is 23.4 Å². The Balaban J connectivity index is 1.77. The van der Waals surface area contributed by atoms with Crippen molar-refractivity contribution < 1.29 is 9.53 Å². The number of benzene rings is 1. The number of hydrogen-bond acceptors (Lipinski definition) is 6. The Hall–Kier alpha value is -1.96. The molecule has 1 fully saturated rings. The molecule has 27 heavy (non-hydrogen) atoms. The minimum Gasteiger partial charge on any atom is -0.384 e. The average Bonchev–Trinajstić information content (AvgIpc) is 2.86. The van der Waals surface area contributed by atoms with Crippen LogP contribution in [0.4, 0.5) is 17.2 Å². The van der Waals surface area contributed by atoms with Gasteiger partial charge in [-0.25, -0.2) is 4.98 Å². The van der Waals surface area contributed by atoms with Crippen LogP contribution in [0.5, 0.6) is 0 Å². The minimum atomic E-state index is -0.0738. The fourth-order valence-electron chi connectivity index (χ4n) is 3.56. The molecule has 1 aromatic heterocycles. The van der Waals surface area contributed by atoms with Gasteiger partial charge in [0, 0.05) is 40.5 Å². The van der Waals surface area contributed by atoms with Gasteiger partial charge in [0.1, 0.15) is 5.82 Å². The Bertz CT molecular complexity index is 872. The van der Waals surface area contributed by atoms with Crippen LogP contribution in [-0.4, -0.2) is 36.4 Å². The van der Waals surface area contributed by atoms with Gasteiger partial charge in [-0.15, -0.1) is 11.8 Å². The SMILES string of the molecule is Cc1cc(N2CCCOCC2c2cc3c(cc2Cl)SCC(=O)N3)cc(N)n1. The fraction of sp³-hybridized carbons (Fsp3) is 0.368. The summed E-state index contributed by atoms with van der Waals surface area (Å²) in [6.45, 7) is 3.96. The molecule has 3 N–H and O–H groups in total. The largest absolute Gasteiger partial charge is 0.384 e. The first-order chi connectivity index (χ1) is 13.0. The van der Waals surface area contributed by atoms with E-state index in [1.807, 2.05) is 31.2 Å². The number of fused-ring (bicyclic) bond motifs is 1. The van der Waals surface area contributed by atoms with Gasteiger partial charge in [0.2, 0.25) is 5.91 Å². The molecule has 1 saturated heterocycles. The van der Waals surface area contributed by atoms with Crippen LogP contribution in [0.25, 0.3) is 0 Å². The van der Waals surface area contributed by atoms with E-state index in [0.717, 1.165) is 40.5 Å². The fourth-order valence-corrected chi connectivity index (χ4v) is 4.74. The van der Waals surface area contributed by atoms with Crippen molar-refractivity contribution in [1.29, 1.82) is 0 Å². The molecule has 142 valence electrons. The van der Waals surface area contributed by atoms with Crippen LogP contribution in [0.15, 0.2) is 29.2 Å². The van der Waals surface area contributed by atoms with Crippen LogP contribution in [0.3, 0.4) is 0 Å². The third kappa shape index (κ3) is 3.85. The maximum Gasteiger partial charge on any atom is 0.234 e. The Labute approximate surface area is 167 Å². The number of nitrogens with one attached hydrogen (secondary N) is 1. The van der Waals surface area contributed by atoms with Gasteiger partial charge in [-0.3, -0.25) is 4.79 Å². The zero-order chi connectivity index (χ0) is 19.0. The van der Waals surface area contributed by atoms with Crippen molar-refractivity contribution in [2.45, 2.75) is 24.3 Å². The molecule has 1 amide bonds. The van der Waals surface area contributed by atoms with Gasteiger partial charge in [0.25, 0.3) is 0 Å². The number of rotatable bonds is 2. The van der Waals surface area contributed by atoms with E-state index < -0.39 is 0 Å². The topological polar surface area (TPSA) is 80.5 Å². The number of aryl methyl sites for hydroxylation is 1. The predicted molar refractivity (Wildman–Crippen MR) is 110 cm³/mol. The lowest BCUT2D eigenvalue weighted by Crippen LogP contribution is -2.31. The van der Waals surface area contributed by atoms with Crippen LogP contribution < -0.4 is 16.0 Å². The van der Waals surface area contributed by atoms with Crippen molar-refractivity contribution in [2.75, 3.05) is 41.5 Å². The van der Waals surface area contributed by atoms with E-state index in [1.54, 1.807) is 0 Å². The molecule has 1 unspecified atom stereocenters. The number of carbonyl (C=O) groups excluding carboxylic acids is 1. The molecule has 8 heteroatoms. The number of aromatic nitrogens is 1. The molecule has 2 aliphatic heterocycles. The molecule has 0 spiro atoms. The maximum atomic E-state index is 11.8. The molecule has 0 bridgehead atoms. The summed E-state index contributed by atoms with van der Waals surface area (Å²) in [4.78, 5) is 19.3. The molecule has 0 aliphatic carbocycles. The summed E-state index contributed by atoms with van der Waals surface area (Å²) in [5.41, 5.74) is 9.60. The number of pyridine rings is 1. The molecule has 4 rings (SSSR count). The first-order valence-electron chi connectivity index (χ1n) is 8.86. The van der Waals surface area contributed by atoms with Crippen molar-refractivity contribution in [3.63, 3.8) is 0 Å². The molecule has 1 atom stereocenters. The highest BCUT2D eigenvalue weighted by molar-refractivity contribution is 8.00. The highest BCUT2D eigenvalue weighted by Gasteiger charge is 2.28. The van der Waals surface area contributed by atoms with Crippen molar-refractivity contribution in [3.05, 3.63) is 40.5 Å². The summed E-state index contributed by atoms with van der Waals surface area (Å²) in [5.74, 6) is 0.915. The van der Waals surface area contributed by atoms with Crippen molar-refractivity contribution >= 4 is 46.5 Å². The number of hydrogen-bond donors (Lipinski definition) is 2. The Morgan fingerprint density at radius 3 is 3.04 bits per heavy atom. The Kier molecular flexibility index (Phi) is 5.16. The van der Waals surface area contributed by atoms with Gasteiger partial charge in [0.15, 0.2) is 0 Å². The van der Waals surface area contributed by atoms with Crippen molar-refractivity contribution in [1.82, 2.24) is 4.98 Å². The van der Waals surface area contributed by atoms with Gasteiger partial charge in [-0.2, -0.15) is 0 Å². The summed E-state index contributed by atoms with van der Waals surface area (Å²) in [6, 6.07) is 7.75. The quantitative estimate of drug-likeness (QED) is 0.795. The number of anilines is 3. The summed E-state index contributed by atoms with van der Waals surface area (Å²) >= 11 is 8.16. The predicted octanol–water partition coefficient (Wildman–Crippen LogP) is 3.64. The summed E-state index contributed by atoms with van der Waals surface area (Å²) in [6.07, 6.45) is 0.910. The van der Waals surface area contributed by atoms with E-state index in [2.05, 4.69) is 15.2 Å². The number of nitrogens with zero attached hydrogens (tertiary/aromatic N) is 2. The van der Waals surface area contributed by atoms with Gasteiger partial charge in [-0.05, 0) is 37.1 Å². The molecule has 1 aromatic carbocycles. The zero-order valence-electron chi connectivity index (χ0n) is 15.0. The molecule has 2 aliphatic rings. The lowest BCUT2D eigenvalue weighted by atomic mass is 10.0. The van der Waals surface area contributed by atoms with Gasteiger partial charge < -0.3 is 20.7 Å². The van der Waals surface area contributed by atoms with Crippen LogP contribution in [0.1, 0.15) is 23.7 Å². The molecule has 0 saturated carbocycles. The monoisotopic (exact) mass is 404 g/mol. The van der Waals surface area contributed by atoms with Gasteiger partial charge in [0.05, 0.1) is 24.1 Å². The number of carbonyl (C=O) groups is 1. The highest BCUT2D eigenvalue weighted by atomic mass is 35.5. The molecule has 6 nitrogen and oxygen atoms in total. The maximum absolute atomic E-state index is 11.8. The number of nitrogens with two attached hydrogens (primary N) is 1. The number of thioether (sulfide) groups is 1. The second kappa shape index (κ2) is 7.58. The van der Waals surface area contributed by atoms with Crippen LogP contribution in [0.2, 0.25) is 5.02 Å². The van der Waals surface area contributed by atoms with Gasteiger partial charge >= 0.3 is 0 Å². The van der Waals surface area contributed by atoms with E-state index in [0.29, 0.717) is 29.8 Å². The highest BCUT2D eigenvalue weighted by Crippen LogP contribution is 2.40. The molecule has 0 radical (unpaired) electrons. The van der Waals surface area contributed by atoms with E-state index in [4.69, 9.17) is 22.1 Å². The standard InChI is InChI=1S/C19H21ClN4O2S/c1-11-5-12(6-18(21)22-11)24-3-2-4-26-9-16(24)13-7-15-17(8-14(13)20)27-10-19(25)23-15/h5-8,16H,2-4,9-10H2,1H3,(H2,21,22)(H,23,25). The third-order valence-electron chi connectivity index (χ3n) is 4.72. The summed E-state index contributed by atoms with van der Waals surface area (Å²) in [7, 11) is 0. The van der Waals surface area contributed by atoms with Gasteiger partial charge in [-0.1, -0.05) is 11.6 Å². The second-order valence-electron chi connectivity index (χ2n) is 6.74. The molecular weight excluding hydrogens is 384 g/mol. The Morgan fingerprint density at radius 2 is 2.22 bits per heavy atom. The first kappa shape index (κ1) is 18.4. The average molecular weight is 405 g/mol. The summed E-state index contributed by atoms with van der Waals surface area (Å²) in [5, 5.41) is 3.62. The smallest absolute Gasteiger partial charge is 0.234 e. The number of ether oxygens (including phenoxy) is 1. The number of halogens is 1. The van der Waals surface area contributed by atoms with E-state index >= 15 is 0 Å². The normalized spacial score (nSPS) is 20.0. The molecule has 3 heterocycles. The van der Waals surface area contributed by atoms with Crippen LogP contribution in [-0.2, 0) is 9.53 Å². The minimum absolute atomic E-state index is 0.00674. The zero-order valence-corrected chi connectivity index (χ0v) is 16.6. The lowest BCUT2D eigenvalue weighted by Gasteiger charge is -2.33. The number of amides is 1. The Morgan fingerprint density at radius 1 is 1.37 bits per heavy atom. The molecule has 2 aromatic rings. The van der Waals surface area contributed by atoms with E-state index in [9.17, 15) is 4.79 Å². The number of nitrogen functional groups attached to an aromatic ring is 1. The summed E-state index contributed by atoms with van der Waals surface area (Å²) < 4.78 is 5.85. The first-order valence-corrected chi connectivity index (χ1v) is 10.2. The van der Waals surface area contributed by atoms with E-state index in [1.165, 1.54) is 11.8 Å². The van der Waals surface area contributed by atoms with E-state index in [-0.39, 0.29) is 11.9 Å².